The van der Waals surface area contributed by atoms with Crippen molar-refractivity contribution < 1.29 is 9.50 Å². The van der Waals surface area contributed by atoms with Gasteiger partial charge in [0.05, 0.1) is 29.4 Å². The molecule has 0 aliphatic carbocycles. The number of aromatic nitrogens is 1. The lowest BCUT2D eigenvalue weighted by molar-refractivity contribution is 0.346. The minimum absolute atomic E-state index is 0.0853. The molecule has 0 fully saturated rings. The van der Waals surface area contributed by atoms with Crippen LogP contribution in [0.3, 0.4) is 0 Å². The van der Waals surface area contributed by atoms with Crippen molar-refractivity contribution >= 4 is 22.7 Å². The third kappa shape index (κ3) is 3.38. The van der Waals surface area contributed by atoms with Crippen LogP contribution in [0.15, 0.2) is 59.7 Å². The summed E-state index contributed by atoms with van der Waals surface area (Å²) in [5, 5.41) is 30.2. The van der Waals surface area contributed by atoms with E-state index in [1.165, 1.54) is 23.5 Å². The molecule has 1 aromatic heterocycles. The zero-order chi connectivity index (χ0) is 19.7. The molecule has 0 spiro atoms. The standard InChI is InChI=1S/C21H15FN4OS/c22-16-3-1-2-14(8-16)10-26-11-18(27)19(20(26)24)21-25-17(12-28-21)15-6-4-13(9-23)5-7-15/h1-8,12,24,27H,10-11H2. The van der Waals surface area contributed by atoms with E-state index in [1.807, 2.05) is 17.5 Å². The molecule has 1 aliphatic heterocycles. The van der Waals surface area contributed by atoms with Crippen molar-refractivity contribution in [2.45, 2.75) is 6.54 Å². The molecule has 0 bridgehead atoms. The fourth-order valence-electron chi connectivity index (χ4n) is 3.09. The molecule has 3 aromatic rings. The smallest absolute Gasteiger partial charge is 0.135 e. The molecule has 138 valence electrons. The van der Waals surface area contributed by atoms with Crippen LogP contribution in [0, 0.1) is 22.6 Å². The number of nitrogens with zero attached hydrogens (tertiary/aromatic N) is 3. The molecule has 0 saturated carbocycles. The van der Waals surface area contributed by atoms with Crippen molar-refractivity contribution in [2.75, 3.05) is 6.54 Å². The van der Waals surface area contributed by atoms with Gasteiger partial charge in [0.25, 0.3) is 0 Å². The van der Waals surface area contributed by atoms with E-state index < -0.39 is 0 Å². The summed E-state index contributed by atoms with van der Waals surface area (Å²) in [6.07, 6.45) is 0. The Morgan fingerprint density at radius 3 is 2.75 bits per heavy atom. The van der Waals surface area contributed by atoms with Crippen LogP contribution < -0.4 is 0 Å². The average molecular weight is 390 g/mol. The number of nitriles is 1. The minimum atomic E-state index is -0.326. The van der Waals surface area contributed by atoms with E-state index in [0.29, 0.717) is 22.7 Å². The Bertz CT molecular complexity index is 1130. The SMILES string of the molecule is N#Cc1ccc(-c2csc(C3=C(O)CN(Cc4cccc(F)c4)C3=N)n2)cc1. The van der Waals surface area contributed by atoms with Gasteiger partial charge in [0.2, 0.25) is 0 Å². The molecule has 4 rings (SSSR count). The number of hydrogen-bond donors (Lipinski definition) is 2. The molecule has 0 amide bonds. The Balaban J connectivity index is 1.56. The van der Waals surface area contributed by atoms with Crippen molar-refractivity contribution in [1.82, 2.24) is 9.88 Å². The highest BCUT2D eigenvalue weighted by Gasteiger charge is 2.30. The number of thiazole rings is 1. The van der Waals surface area contributed by atoms with Crippen LogP contribution in [0.2, 0.25) is 0 Å². The number of aliphatic hydroxyl groups is 1. The second kappa shape index (κ2) is 7.25. The highest BCUT2D eigenvalue weighted by Crippen LogP contribution is 2.32. The third-order valence-electron chi connectivity index (χ3n) is 4.47. The predicted octanol–water partition coefficient (Wildman–Crippen LogP) is 4.58. The van der Waals surface area contributed by atoms with Gasteiger partial charge in [0, 0.05) is 17.5 Å². The van der Waals surface area contributed by atoms with E-state index in [4.69, 9.17) is 10.7 Å². The van der Waals surface area contributed by atoms with Gasteiger partial charge in [-0.2, -0.15) is 5.26 Å². The first-order valence-corrected chi connectivity index (χ1v) is 9.40. The van der Waals surface area contributed by atoms with Crippen LogP contribution >= 0.6 is 11.3 Å². The highest BCUT2D eigenvalue weighted by molar-refractivity contribution is 7.11. The number of nitrogens with one attached hydrogen (secondary N) is 1. The number of amidine groups is 1. The second-order valence-electron chi connectivity index (χ2n) is 6.38. The first kappa shape index (κ1) is 17.9. The second-order valence-corrected chi connectivity index (χ2v) is 7.24. The summed E-state index contributed by atoms with van der Waals surface area (Å²) in [5.41, 5.74) is 3.30. The van der Waals surface area contributed by atoms with Crippen molar-refractivity contribution in [3.63, 3.8) is 0 Å². The lowest BCUT2D eigenvalue weighted by Gasteiger charge is -2.18. The zero-order valence-electron chi connectivity index (χ0n) is 14.7. The van der Waals surface area contributed by atoms with Gasteiger partial charge in [-0.3, -0.25) is 5.41 Å². The van der Waals surface area contributed by atoms with Gasteiger partial charge in [-0.05, 0) is 29.8 Å². The maximum Gasteiger partial charge on any atom is 0.135 e. The average Bonchev–Trinajstić information content (AvgIpc) is 3.27. The zero-order valence-corrected chi connectivity index (χ0v) is 15.5. The topological polar surface area (TPSA) is 84.0 Å². The molecule has 1 aliphatic rings. The van der Waals surface area contributed by atoms with Crippen molar-refractivity contribution in [2.24, 2.45) is 0 Å². The maximum absolute atomic E-state index is 13.4. The van der Waals surface area contributed by atoms with E-state index in [2.05, 4.69) is 11.1 Å². The fraction of sp³-hybridized carbons (Fsp3) is 0.0952. The quantitative estimate of drug-likeness (QED) is 0.683. The van der Waals surface area contributed by atoms with Crippen LogP contribution in [0.5, 0.6) is 0 Å². The number of rotatable bonds is 4. The Labute approximate surface area is 165 Å². The summed E-state index contributed by atoms with van der Waals surface area (Å²) in [4.78, 5) is 6.25. The van der Waals surface area contributed by atoms with E-state index in [1.54, 1.807) is 29.2 Å². The van der Waals surface area contributed by atoms with Crippen LogP contribution in [0.25, 0.3) is 16.8 Å². The minimum Gasteiger partial charge on any atom is -0.510 e. The summed E-state index contributed by atoms with van der Waals surface area (Å²) in [6.45, 7) is 0.522. The lowest BCUT2D eigenvalue weighted by atomic mass is 10.1. The molecule has 2 aromatic carbocycles. The normalized spacial score (nSPS) is 13.9. The van der Waals surface area contributed by atoms with Gasteiger partial charge in [0.15, 0.2) is 0 Å². The predicted molar refractivity (Wildman–Crippen MR) is 106 cm³/mol. The van der Waals surface area contributed by atoms with Gasteiger partial charge in [0.1, 0.15) is 22.4 Å². The molecule has 0 radical (unpaired) electrons. The Hall–Kier alpha value is -3.50. The van der Waals surface area contributed by atoms with Gasteiger partial charge >= 0.3 is 0 Å². The Kier molecular flexibility index (Phi) is 4.63. The van der Waals surface area contributed by atoms with Crippen molar-refractivity contribution in [3.05, 3.63) is 81.6 Å². The molecule has 5 nitrogen and oxygen atoms in total. The number of halogens is 1. The molecule has 0 unspecified atom stereocenters. The number of aliphatic hydroxyl groups excluding tert-OH is 1. The van der Waals surface area contributed by atoms with Crippen LogP contribution in [-0.4, -0.2) is 27.4 Å². The van der Waals surface area contributed by atoms with E-state index in [0.717, 1.165) is 16.8 Å². The van der Waals surface area contributed by atoms with Crippen molar-refractivity contribution in [3.8, 4) is 17.3 Å². The monoisotopic (exact) mass is 390 g/mol. The Morgan fingerprint density at radius 2 is 2.04 bits per heavy atom. The van der Waals surface area contributed by atoms with Gasteiger partial charge < -0.3 is 10.0 Å². The third-order valence-corrected chi connectivity index (χ3v) is 5.33. The fourth-order valence-corrected chi connectivity index (χ4v) is 3.98. The van der Waals surface area contributed by atoms with Gasteiger partial charge in [-0.15, -0.1) is 11.3 Å². The summed E-state index contributed by atoms with van der Waals surface area (Å²) < 4.78 is 13.4. The first-order valence-electron chi connectivity index (χ1n) is 8.52. The largest absolute Gasteiger partial charge is 0.510 e. The summed E-state index contributed by atoms with van der Waals surface area (Å²) in [7, 11) is 0. The van der Waals surface area contributed by atoms with Crippen LogP contribution in [-0.2, 0) is 6.54 Å². The molecular formula is C21H15FN4OS. The van der Waals surface area contributed by atoms with E-state index in [9.17, 15) is 9.50 Å². The van der Waals surface area contributed by atoms with Gasteiger partial charge in [-0.25, -0.2) is 9.37 Å². The molecule has 7 heteroatoms. The summed E-state index contributed by atoms with van der Waals surface area (Å²) >= 11 is 1.35. The molecule has 0 atom stereocenters. The molecular weight excluding hydrogens is 375 g/mol. The van der Waals surface area contributed by atoms with E-state index in [-0.39, 0.29) is 24.0 Å². The Morgan fingerprint density at radius 1 is 1.25 bits per heavy atom. The molecule has 0 saturated heterocycles. The number of hydrogen-bond acceptors (Lipinski definition) is 5. The van der Waals surface area contributed by atoms with Gasteiger partial charge in [-0.1, -0.05) is 24.3 Å². The molecule has 2 N–H and O–H groups in total. The van der Waals surface area contributed by atoms with Crippen LogP contribution in [0.4, 0.5) is 4.39 Å². The number of benzene rings is 2. The van der Waals surface area contributed by atoms with Crippen molar-refractivity contribution in [1.29, 1.82) is 10.7 Å². The lowest BCUT2D eigenvalue weighted by Crippen LogP contribution is -2.26. The first-order chi connectivity index (χ1) is 13.5. The molecule has 2 heterocycles. The maximum atomic E-state index is 13.4. The van der Waals surface area contributed by atoms with E-state index >= 15 is 0 Å². The molecule has 28 heavy (non-hydrogen) atoms. The van der Waals surface area contributed by atoms with Crippen LogP contribution in [0.1, 0.15) is 16.1 Å². The highest BCUT2D eigenvalue weighted by atomic mass is 32.1. The summed E-state index contributed by atoms with van der Waals surface area (Å²) in [5.74, 6) is -0.0720. The summed E-state index contributed by atoms with van der Waals surface area (Å²) in [6, 6.07) is 15.4.